The summed E-state index contributed by atoms with van der Waals surface area (Å²) in [5, 5.41) is 0. The minimum Gasteiger partial charge on any atom is -0.284 e. The predicted octanol–water partition coefficient (Wildman–Crippen LogP) is 1.76. The molecule has 6 nitrogen and oxygen atoms in total. The van der Waals surface area contributed by atoms with E-state index >= 15 is 0 Å². The predicted molar refractivity (Wildman–Crippen MR) is 82.1 cm³/mol. The number of halogens is 1. The lowest BCUT2D eigenvalue weighted by atomic mass is 10.2. The molecule has 0 unspecified atom stereocenters. The molecule has 0 aliphatic carbocycles. The molecular weight excluding hydrogens is 331 g/mol. The second-order valence-electron chi connectivity index (χ2n) is 5.34. The van der Waals surface area contributed by atoms with Crippen LogP contribution >= 0.6 is 0 Å². The van der Waals surface area contributed by atoms with Gasteiger partial charge in [-0.25, -0.2) is 21.2 Å². The molecule has 1 aliphatic heterocycles. The molecule has 1 aromatic rings. The first-order chi connectivity index (χ1) is 10.2. The Morgan fingerprint density at radius 2 is 1.64 bits per heavy atom. The van der Waals surface area contributed by atoms with Crippen molar-refractivity contribution in [3.8, 4) is 0 Å². The molecule has 0 amide bonds. The van der Waals surface area contributed by atoms with Crippen LogP contribution in [0.15, 0.2) is 23.1 Å². The number of sulfonamides is 2. The van der Waals surface area contributed by atoms with E-state index in [4.69, 9.17) is 0 Å². The number of hydrogen-bond acceptors (Lipinski definition) is 4. The molecule has 0 aromatic heterocycles. The van der Waals surface area contributed by atoms with Gasteiger partial charge in [-0.1, -0.05) is 12.8 Å². The first-order valence-corrected chi connectivity index (χ1v) is 10.3. The summed E-state index contributed by atoms with van der Waals surface area (Å²) < 4.78 is 64.8. The lowest BCUT2D eigenvalue weighted by molar-refractivity contribution is 0.419. The molecule has 1 N–H and O–H groups in total. The zero-order valence-electron chi connectivity index (χ0n) is 12.2. The number of anilines is 1. The first kappa shape index (κ1) is 17.2. The monoisotopic (exact) mass is 350 g/mol. The van der Waals surface area contributed by atoms with Gasteiger partial charge in [-0.15, -0.1) is 0 Å². The molecule has 0 radical (unpaired) electrons. The highest BCUT2D eigenvalue weighted by Gasteiger charge is 2.28. The van der Waals surface area contributed by atoms with Gasteiger partial charge in [0.05, 0.1) is 11.9 Å². The number of rotatable bonds is 4. The van der Waals surface area contributed by atoms with E-state index < -0.39 is 30.8 Å². The third-order valence-electron chi connectivity index (χ3n) is 3.42. The molecule has 9 heteroatoms. The molecule has 0 bridgehead atoms. The highest BCUT2D eigenvalue weighted by molar-refractivity contribution is 7.92. The lowest BCUT2D eigenvalue weighted by Gasteiger charge is -2.20. The maximum Gasteiger partial charge on any atom is 0.245 e. The second-order valence-corrected chi connectivity index (χ2v) is 8.99. The standard InChI is InChI=1S/C13H19FN2O4S2/c1-21(17,18)15-11-6-7-13(12(14)10-11)22(19,20)16-8-4-2-3-5-9-16/h6-7,10,15H,2-5,8-9H2,1H3. The molecule has 22 heavy (non-hydrogen) atoms. The Morgan fingerprint density at radius 3 is 2.14 bits per heavy atom. The van der Waals surface area contributed by atoms with Gasteiger partial charge in [-0.2, -0.15) is 4.31 Å². The Labute approximate surface area is 130 Å². The van der Waals surface area contributed by atoms with E-state index in [9.17, 15) is 21.2 Å². The van der Waals surface area contributed by atoms with Crippen LogP contribution in [0.5, 0.6) is 0 Å². The van der Waals surface area contributed by atoms with Gasteiger partial charge in [-0.05, 0) is 31.0 Å². The summed E-state index contributed by atoms with van der Waals surface area (Å²) in [5.41, 5.74) is -0.00480. The van der Waals surface area contributed by atoms with Crippen molar-refractivity contribution in [2.75, 3.05) is 24.1 Å². The minimum atomic E-state index is -3.90. The number of nitrogens with one attached hydrogen (secondary N) is 1. The van der Waals surface area contributed by atoms with Gasteiger partial charge in [-0.3, -0.25) is 4.72 Å². The fraction of sp³-hybridized carbons (Fsp3) is 0.538. The van der Waals surface area contributed by atoms with Crippen molar-refractivity contribution in [2.24, 2.45) is 0 Å². The molecule has 0 spiro atoms. The molecule has 1 aromatic carbocycles. The van der Waals surface area contributed by atoms with Gasteiger partial charge in [0.2, 0.25) is 20.0 Å². The Kier molecular flexibility index (Phi) is 5.08. The van der Waals surface area contributed by atoms with E-state index in [1.165, 1.54) is 10.4 Å². The Hall–Kier alpha value is -1.19. The summed E-state index contributed by atoms with van der Waals surface area (Å²) in [6.45, 7) is 0.760. The van der Waals surface area contributed by atoms with Crippen LogP contribution in [-0.2, 0) is 20.0 Å². The van der Waals surface area contributed by atoms with Gasteiger partial charge in [0, 0.05) is 13.1 Å². The SMILES string of the molecule is CS(=O)(=O)Nc1ccc(S(=O)(=O)N2CCCCCC2)c(F)c1. The van der Waals surface area contributed by atoms with Crippen LogP contribution in [0.4, 0.5) is 10.1 Å². The number of hydrogen-bond donors (Lipinski definition) is 1. The quantitative estimate of drug-likeness (QED) is 0.897. The van der Waals surface area contributed by atoms with Crippen molar-refractivity contribution in [3.63, 3.8) is 0 Å². The summed E-state index contributed by atoms with van der Waals surface area (Å²) in [6, 6.07) is 3.23. The molecule has 0 saturated carbocycles. The third kappa shape index (κ3) is 4.17. The maximum atomic E-state index is 14.1. The topological polar surface area (TPSA) is 83.5 Å². The van der Waals surface area contributed by atoms with Crippen LogP contribution in [0.3, 0.4) is 0 Å². The highest BCUT2D eigenvalue weighted by atomic mass is 32.2. The molecular formula is C13H19FN2O4S2. The molecule has 2 rings (SSSR count). The summed E-state index contributed by atoms with van der Waals surface area (Å²) in [6.07, 6.45) is 4.38. The van der Waals surface area contributed by atoms with E-state index in [0.29, 0.717) is 13.1 Å². The van der Waals surface area contributed by atoms with Crippen LogP contribution in [0, 0.1) is 5.82 Å². The van der Waals surface area contributed by atoms with Crippen molar-refractivity contribution in [1.29, 1.82) is 0 Å². The van der Waals surface area contributed by atoms with Gasteiger partial charge in [0.15, 0.2) is 0 Å². The van der Waals surface area contributed by atoms with E-state index in [-0.39, 0.29) is 5.69 Å². The van der Waals surface area contributed by atoms with Crippen molar-refractivity contribution < 1.29 is 21.2 Å². The zero-order chi connectivity index (χ0) is 16.4. The van der Waals surface area contributed by atoms with Crippen LogP contribution in [0.25, 0.3) is 0 Å². The molecule has 1 aliphatic rings. The third-order valence-corrected chi connectivity index (χ3v) is 5.96. The number of benzene rings is 1. The zero-order valence-corrected chi connectivity index (χ0v) is 13.9. The largest absolute Gasteiger partial charge is 0.284 e. The van der Waals surface area contributed by atoms with Crippen LogP contribution in [-0.4, -0.2) is 40.5 Å². The van der Waals surface area contributed by atoms with E-state index in [2.05, 4.69) is 4.72 Å². The molecule has 1 heterocycles. The van der Waals surface area contributed by atoms with Gasteiger partial charge >= 0.3 is 0 Å². The average Bonchev–Trinajstić information content (AvgIpc) is 2.65. The summed E-state index contributed by atoms with van der Waals surface area (Å²) in [4.78, 5) is -0.423. The van der Waals surface area contributed by atoms with E-state index in [1.54, 1.807) is 0 Å². The second kappa shape index (κ2) is 6.51. The molecule has 124 valence electrons. The Bertz CT molecular complexity index is 739. The fourth-order valence-corrected chi connectivity index (χ4v) is 4.53. The van der Waals surface area contributed by atoms with Crippen molar-refractivity contribution in [3.05, 3.63) is 24.0 Å². The summed E-state index contributed by atoms with van der Waals surface area (Å²) in [5.74, 6) is -0.960. The first-order valence-electron chi connectivity index (χ1n) is 6.98. The average molecular weight is 350 g/mol. The molecule has 0 atom stereocenters. The van der Waals surface area contributed by atoms with E-state index in [0.717, 1.165) is 44.1 Å². The fourth-order valence-electron chi connectivity index (χ4n) is 2.41. The minimum absolute atomic E-state index is 0.00480. The normalized spacial score (nSPS) is 17.9. The summed E-state index contributed by atoms with van der Waals surface area (Å²) in [7, 11) is -7.44. The Balaban J connectivity index is 2.31. The van der Waals surface area contributed by atoms with Crippen molar-refractivity contribution in [2.45, 2.75) is 30.6 Å². The van der Waals surface area contributed by atoms with Gasteiger partial charge in [0.25, 0.3) is 0 Å². The maximum absolute atomic E-state index is 14.1. The smallest absolute Gasteiger partial charge is 0.245 e. The molecule has 1 fully saturated rings. The Morgan fingerprint density at radius 1 is 1.05 bits per heavy atom. The van der Waals surface area contributed by atoms with Crippen molar-refractivity contribution in [1.82, 2.24) is 4.31 Å². The van der Waals surface area contributed by atoms with E-state index in [1.807, 2.05) is 0 Å². The highest BCUT2D eigenvalue weighted by Crippen LogP contribution is 2.25. The van der Waals surface area contributed by atoms with Crippen LogP contribution in [0.2, 0.25) is 0 Å². The van der Waals surface area contributed by atoms with Crippen LogP contribution in [0.1, 0.15) is 25.7 Å². The number of nitrogens with zero attached hydrogens (tertiary/aromatic N) is 1. The van der Waals surface area contributed by atoms with Gasteiger partial charge in [0.1, 0.15) is 10.7 Å². The van der Waals surface area contributed by atoms with Crippen LogP contribution < -0.4 is 4.72 Å². The van der Waals surface area contributed by atoms with Gasteiger partial charge < -0.3 is 0 Å². The van der Waals surface area contributed by atoms with Crippen molar-refractivity contribution >= 4 is 25.7 Å². The lowest BCUT2D eigenvalue weighted by Crippen LogP contribution is -2.32. The summed E-state index contributed by atoms with van der Waals surface area (Å²) >= 11 is 0. The molecule has 1 saturated heterocycles.